The zero-order valence-electron chi connectivity index (χ0n) is 13.1. The van der Waals surface area contributed by atoms with Gasteiger partial charge in [-0.15, -0.1) is 0 Å². The number of piperidine rings is 1. The van der Waals surface area contributed by atoms with Crippen LogP contribution in [-0.4, -0.2) is 45.1 Å². The van der Waals surface area contributed by atoms with Crippen LogP contribution in [0.3, 0.4) is 0 Å². The second kappa shape index (κ2) is 7.40. The molecule has 0 N–H and O–H groups in total. The molecule has 1 fully saturated rings. The number of likely N-dealkylation sites (tertiary alicyclic amines) is 1. The van der Waals surface area contributed by atoms with Gasteiger partial charge in [-0.05, 0) is 37.0 Å². The van der Waals surface area contributed by atoms with Crippen LogP contribution in [0.2, 0.25) is 5.02 Å². The number of anilines is 1. The van der Waals surface area contributed by atoms with Crippen LogP contribution in [0.5, 0.6) is 0 Å². The Labute approximate surface area is 150 Å². The van der Waals surface area contributed by atoms with Gasteiger partial charge in [-0.2, -0.15) is 0 Å². The topological polar surface area (TPSA) is 57.7 Å². The summed E-state index contributed by atoms with van der Waals surface area (Å²) in [5, 5.41) is 0.282. The molecule has 0 saturated carbocycles. The van der Waals surface area contributed by atoms with E-state index < -0.39 is 10.0 Å². The molecular weight excluding hydrogens is 404 g/mol. The minimum Gasteiger partial charge on any atom is -0.341 e. The van der Waals surface area contributed by atoms with Crippen LogP contribution in [0.15, 0.2) is 22.7 Å². The van der Waals surface area contributed by atoms with Crippen LogP contribution >= 0.6 is 27.5 Å². The van der Waals surface area contributed by atoms with Gasteiger partial charge in [-0.25, -0.2) is 8.42 Å². The molecule has 0 unspecified atom stereocenters. The molecule has 0 radical (unpaired) electrons. The molecule has 1 aromatic rings. The number of hydrogen-bond donors (Lipinski definition) is 0. The van der Waals surface area contributed by atoms with Gasteiger partial charge in [-0.3, -0.25) is 9.10 Å². The number of hydrogen-bond acceptors (Lipinski definition) is 3. The molecule has 1 amide bonds. The standard InChI is InChI=1S/C15H20BrClN2O3S/c1-11-5-7-18(8-6-11)15(20)10-19(23(2,21)22)14-4-3-12(16)9-13(14)17/h3-4,9,11H,5-8,10H2,1-2H3. The van der Waals surface area contributed by atoms with E-state index in [1.165, 1.54) is 0 Å². The first-order chi connectivity index (χ1) is 10.7. The predicted octanol–water partition coefficient (Wildman–Crippen LogP) is 3.13. The molecule has 1 saturated heterocycles. The zero-order valence-corrected chi connectivity index (χ0v) is 16.3. The molecule has 1 aliphatic rings. The lowest BCUT2D eigenvalue weighted by Crippen LogP contribution is -2.45. The van der Waals surface area contributed by atoms with Crippen molar-refractivity contribution in [2.75, 3.05) is 30.2 Å². The Kier molecular flexibility index (Phi) is 5.97. The normalized spacial score (nSPS) is 16.4. The Bertz CT molecular complexity index is 688. The molecule has 0 aromatic heterocycles. The van der Waals surface area contributed by atoms with Crippen molar-refractivity contribution < 1.29 is 13.2 Å². The molecule has 0 aliphatic carbocycles. The molecule has 1 aromatic carbocycles. The first kappa shape index (κ1) is 18.5. The SMILES string of the molecule is CC1CCN(C(=O)CN(c2ccc(Br)cc2Cl)S(C)(=O)=O)CC1. The van der Waals surface area contributed by atoms with Crippen LogP contribution < -0.4 is 4.31 Å². The number of sulfonamides is 1. The average molecular weight is 424 g/mol. The molecule has 0 spiro atoms. The highest BCUT2D eigenvalue weighted by molar-refractivity contribution is 9.10. The average Bonchev–Trinajstić information content (AvgIpc) is 2.45. The summed E-state index contributed by atoms with van der Waals surface area (Å²) in [6.07, 6.45) is 2.98. The van der Waals surface area contributed by atoms with E-state index in [9.17, 15) is 13.2 Å². The van der Waals surface area contributed by atoms with Gasteiger partial charge in [0, 0.05) is 17.6 Å². The van der Waals surface area contributed by atoms with Crippen molar-refractivity contribution >= 4 is 49.1 Å². The van der Waals surface area contributed by atoms with Gasteiger partial charge in [0.05, 0.1) is 17.0 Å². The molecule has 0 bridgehead atoms. The van der Waals surface area contributed by atoms with Gasteiger partial charge in [0.2, 0.25) is 15.9 Å². The van der Waals surface area contributed by atoms with Crippen molar-refractivity contribution in [3.63, 3.8) is 0 Å². The van der Waals surface area contributed by atoms with E-state index in [1.54, 1.807) is 23.1 Å². The molecule has 1 aliphatic heterocycles. The number of nitrogens with zero attached hydrogens (tertiary/aromatic N) is 2. The van der Waals surface area contributed by atoms with E-state index >= 15 is 0 Å². The highest BCUT2D eigenvalue weighted by Gasteiger charge is 2.27. The maximum absolute atomic E-state index is 12.5. The first-order valence-electron chi connectivity index (χ1n) is 7.39. The molecule has 128 valence electrons. The van der Waals surface area contributed by atoms with Crippen LogP contribution in [0.25, 0.3) is 0 Å². The summed E-state index contributed by atoms with van der Waals surface area (Å²) < 4.78 is 26.1. The van der Waals surface area contributed by atoms with Crippen LogP contribution in [0.4, 0.5) is 5.69 Å². The zero-order chi connectivity index (χ0) is 17.2. The summed E-state index contributed by atoms with van der Waals surface area (Å²) in [6, 6.07) is 4.91. The monoisotopic (exact) mass is 422 g/mol. The third-order valence-electron chi connectivity index (χ3n) is 3.99. The van der Waals surface area contributed by atoms with Gasteiger partial charge >= 0.3 is 0 Å². The van der Waals surface area contributed by atoms with Gasteiger partial charge in [-0.1, -0.05) is 34.5 Å². The third kappa shape index (κ3) is 4.84. The lowest BCUT2D eigenvalue weighted by molar-refractivity contribution is -0.130. The van der Waals surface area contributed by atoms with Crippen molar-refractivity contribution in [3.8, 4) is 0 Å². The summed E-state index contributed by atoms with van der Waals surface area (Å²) in [5.74, 6) is 0.410. The lowest BCUT2D eigenvalue weighted by Gasteiger charge is -2.32. The number of amides is 1. The highest BCUT2D eigenvalue weighted by atomic mass is 79.9. The lowest BCUT2D eigenvalue weighted by atomic mass is 9.99. The van der Waals surface area contributed by atoms with Crippen molar-refractivity contribution in [1.29, 1.82) is 0 Å². The molecular formula is C15H20BrClN2O3S. The number of halogens is 2. The van der Waals surface area contributed by atoms with E-state index in [4.69, 9.17) is 11.6 Å². The van der Waals surface area contributed by atoms with Gasteiger partial charge in [0.15, 0.2) is 0 Å². The largest absolute Gasteiger partial charge is 0.341 e. The minimum atomic E-state index is -3.61. The van der Waals surface area contributed by atoms with E-state index in [2.05, 4.69) is 22.9 Å². The van der Waals surface area contributed by atoms with E-state index in [0.717, 1.165) is 27.9 Å². The van der Waals surface area contributed by atoms with Crippen molar-refractivity contribution in [2.45, 2.75) is 19.8 Å². The highest BCUT2D eigenvalue weighted by Crippen LogP contribution is 2.30. The second-order valence-electron chi connectivity index (χ2n) is 5.93. The Morgan fingerprint density at radius 3 is 2.52 bits per heavy atom. The van der Waals surface area contributed by atoms with Crippen LogP contribution in [0, 0.1) is 5.92 Å². The Morgan fingerprint density at radius 1 is 1.39 bits per heavy atom. The summed E-state index contributed by atoms with van der Waals surface area (Å²) in [5.41, 5.74) is 0.316. The molecule has 2 rings (SSSR count). The summed E-state index contributed by atoms with van der Waals surface area (Å²) >= 11 is 9.44. The van der Waals surface area contributed by atoms with E-state index in [0.29, 0.717) is 24.7 Å². The molecule has 1 heterocycles. The van der Waals surface area contributed by atoms with Gasteiger partial charge in [0.25, 0.3) is 0 Å². The predicted molar refractivity (Wildman–Crippen MR) is 96.3 cm³/mol. The Morgan fingerprint density at radius 2 is 2.00 bits per heavy atom. The maximum atomic E-state index is 12.5. The molecule has 8 heteroatoms. The van der Waals surface area contributed by atoms with E-state index in [-0.39, 0.29) is 17.5 Å². The quantitative estimate of drug-likeness (QED) is 0.747. The van der Waals surface area contributed by atoms with Gasteiger partial charge in [0.1, 0.15) is 6.54 Å². The van der Waals surface area contributed by atoms with Crippen molar-refractivity contribution in [1.82, 2.24) is 4.90 Å². The minimum absolute atomic E-state index is 0.193. The number of carbonyl (C=O) groups excluding carboxylic acids is 1. The Hall–Kier alpha value is -0.790. The molecule has 5 nitrogen and oxygen atoms in total. The fourth-order valence-corrected chi connectivity index (χ4v) is 4.23. The first-order valence-corrected chi connectivity index (χ1v) is 10.4. The van der Waals surface area contributed by atoms with Crippen molar-refractivity contribution in [3.05, 3.63) is 27.7 Å². The third-order valence-corrected chi connectivity index (χ3v) is 5.92. The summed E-state index contributed by atoms with van der Waals surface area (Å²) in [6.45, 7) is 3.28. The van der Waals surface area contributed by atoms with Gasteiger partial charge < -0.3 is 4.90 Å². The Balaban J connectivity index is 2.21. The van der Waals surface area contributed by atoms with E-state index in [1.807, 2.05) is 0 Å². The number of carbonyl (C=O) groups is 1. The summed E-state index contributed by atoms with van der Waals surface area (Å²) in [4.78, 5) is 14.2. The number of rotatable bonds is 4. The van der Waals surface area contributed by atoms with Crippen molar-refractivity contribution in [2.24, 2.45) is 5.92 Å². The molecule has 0 atom stereocenters. The second-order valence-corrected chi connectivity index (χ2v) is 9.16. The fraction of sp³-hybridized carbons (Fsp3) is 0.533. The smallest absolute Gasteiger partial charge is 0.243 e. The maximum Gasteiger partial charge on any atom is 0.243 e. The molecule has 23 heavy (non-hydrogen) atoms. The van der Waals surface area contributed by atoms with Crippen LogP contribution in [-0.2, 0) is 14.8 Å². The fourth-order valence-electron chi connectivity index (χ4n) is 2.55. The number of benzene rings is 1. The summed E-state index contributed by atoms with van der Waals surface area (Å²) in [7, 11) is -3.61. The van der Waals surface area contributed by atoms with Crippen LogP contribution in [0.1, 0.15) is 19.8 Å².